The normalized spacial score (nSPS) is 10.2. The van der Waals surface area contributed by atoms with Crippen LogP contribution in [0, 0.1) is 6.92 Å². The van der Waals surface area contributed by atoms with Gasteiger partial charge in [-0.25, -0.2) is 9.59 Å². The van der Waals surface area contributed by atoms with Gasteiger partial charge in [0, 0.05) is 30.5 Å². The van der Waals surface area contributed by atoms with Gasteiger partial charge in [-0.2, -0.15) is 0 Å². The van der Waals surface area contributed by atoms with Crippen LogP contribution >= 0.6 is 23.2 Å². The maximum atomic E-state index is 12.1. The second-order valence-corrected chi connectivity index (χ2v) is 6.16. The van der Waals surface area contributed by atoms with Gasteiger partial charge in [0.25, 0.3) is 0 Å². The van der Waals surface area contributed by atoms with Crippen molar-refractivity contribution in [2.75, 3.05) is 43.0 Å². The van der Waals surface area contributed by atoms with Gasteiger partial charge in [0.1, 0.15) is 5.57 Å². The van der Waals surface area contributed by atoms with Crippen LogP contribution in [0.4, 0.5) is 5.69 Å². The largest absolute Gasteiger partial charge is 0.462 e. The minimum atomic E-state index is -0.694. The molecule has 0 radical (unpaired) electrons. The molecule has 0 spiro atoms. The third-order valence-electron chi connectivity index (χ3n) is 3.62. The molecule has 0 saturated carbocycles. The Morgan fingerprint density at radius 2 is 1.58 bits per heavy atom. The van der Waals surface area contributed by atoms with E-state index in [4.69, 9.17) is 32.7 Å². The van der Waals surface area contributed by atoms with E-state index in [2.05, 4.69) is 4.90 Å². The number of hydrogen-bond acceptors (Lipinski definition) is 5. The topological polar surface area (TPSA) is 55.8 Å². The fourth-order valence-electron chi connectivity index (χ4n) is 2.37. The molecule has 0 atom stereocenters. The van der Waals surface area contributed by atoms with Gasteiger partial charge >= 0.3 is 11.9 Å². The van der Waals surface area contributed by atoms with E-state index < -0.39 is 11.9 Å². The highest BCUT2D eigenvalue weighted by Gasteiger charge is 2.21. The van der Waals surface area contributed by atoms with Crippen molar-refractivity contribution < 1.29 is 19.1 Å². The van der Waals surface area contributed by atoms with E-state index in [-0.39, 0.29) is 18.8 Å². The van der Waals surface area contributed by atoms with E-state index in [1.807, 2.05) is 25.1 Å². The van der Waals surface area contributed by atoms with E-state index in [0.717, 1.165) is 16.8 Å². The van der Waals surface area contributed by atoms with E-state index in [1.165, 1.54) is 6.08 Å². The summed E-state index contributed by atoms with van der Waals surface area (Å²) in [7, 11) is 0. The molecule has 0 fully saturated rings. The maximum absolute atomic E-state index is 12.1. The highest BCUT2D eigenvalue weighted by molar-refractivity contribution is 6.19. The molecule has 1 rings (SSSR count). The molecule has 7 heteroatoms. The van der Waals surface area contributed by atoms with E-state index in [9.17, 15) is 9.59 Å². The first-order valence-corrected chi connectivity index (χ1v) is 9.58. The lowest BCUT2D eigenvalue weighted by Crippen LogP contribution is -2.27. The van der Waals surface area contributed by atoms with Crippen molar-refractivity contribution in [3.05, 3.63) is 34.9 Å². The smallest absolute Gasteiger partial charge is 0.345 e. The third-order valence-corrected chi connectivity index (χ3v) is 3.96. The number of anilines is 1. The second kappa shape index (κ2) is 11.8. The molecule has 1 aromatic carbocycles. The predicted molar refractivity (Wildman–Crippen MR) is 106 cm³/mol. The predicted octanol–water partition coefficient (Wildman–Crippen LogP) is 3.79. The fourth-order valence-corrected chi connectivity index (χ4v) is 2.78. The quantitative estimate of drug-likeness (QED) is 0.196. The van der Waals surface area contributed by atoms with Crippen molar-refractivity contribution in [1.82, 2.24) is 0 Å². The lowest BCUT2D eigenvalue weighted by atomic mass is 10.0. The number of nitrogens with zero attached hydrogens (tertiary/aromatic N) is 1. The average molecular weight is 402 g/mol. The summed E-state index contributed by atoms with van der Waals surface area (Å²) in [6.07, 6.45) is 1.50. The monoisotopic (exact) mass is 401 g/mol. The molecule has 0 unspecified atom stereocenters. The SMILES string of the molecule is CCOC(=O)C(=Cc1ccc(N(CCCl)CCCl)cc1C)C(=O)OCC. The van der Waals surface area contributed by atoms with Gasteiger partial charge in [-0.15, -0.1) is 23.2 Å². The second-order valence-electron chi connectivity index (χ2n) is 5.40. The number of carbonyl (C=O) groups excluding carboxylic acids is 2. The number of rotatable bonds is 10. The Bertz CT molecular complexity index is 620. The number of aryl methyl sites for hydroxylation is 1. The summed E-state index contributed by atoms with van der Waals surface area (Å²) in [6, 6.07) is 5.73. The van der Waals surface area contributed by atoms with Crippen molar-refractivity contribution in [3.63, 3.8) is 0 Å². The third kappa shape index (κ3) is 6.54. The molecule has 0 aliphatic carbocycles. The summed E-state index contributed by atoms with van der Waals surface area (Å²) in [6.45, 7) is 6.99. The van der Waals surface area contributed by atoms with Crippen LogP contribution in [0.3, 0.4) is 0 Å². The number of carbonyl (C=O) groups is 2. The maximum Gasteiger partial charge on any atom is 0.345 e. The van der Waals surface area contributed by atoms with Crippen molar-refractivity contribution in [2.24, 2.45) is 0 Å². The molecule has 0 aliphatic rings. The van der Waals surface area contributed by atoms with Crippen molar-refractivity contribution in [1.29, 1.82) is 0 Å². The summed E-state index contributed by atoms with van der Waals surface area (Å²) in [4.78, 5) is 26.3. The number of ether oxygens (including phenoxy) is 2. The molecule has 1 aromatic rings. The zero-order valence-corrected chi connectivity index (χ0v) is 16.9. The van der Waals surface area contributed by atoms with Gasteiger partial charge in [0.05, 0.1) is 13.2 Å². The van der Waals surface area contributed by atoms with Crippen LogP contribution in [0.5, 0.6) is 0 Å². The molecule has 0 N–H and O–H groups in total. The summed E-state index contributed by atoms with van der Waals surface area (Å²) < 4.78 is 9.93. The molecule has 0 amide bonds. The van der Waals surface area contributed by atoms with Crippen LogP contribution in [0.2, 0.25) is 0 Å². The lowest BCUT2D eigenvalue weighted by molar-refractivity contribution is -0.146. The van der Waals surface area contributed by atoms with Gasteiger partial charge in [-0.3, -0.25) is 0 Å². The van der Waals surface area contributed by atoms with Crippen LogP contribution in [0.1, 0.15) is 25.0 Å². The Balaban J connectivity index is 3.20. The van der Waals surface area contributed by atoms with E-state index in [1.54, 1.807) is 13.8 Å². The number of esters is 2. The first-order chi connectivity index (χ1) is 12.5. The van der Waals surface area contributed by atoms with E-state index >= 15 is 0 Å². The van der Waals surface area contributed by atoms with Crippen LogP contribution < -0.4 is 4.90 Å². The van der Waals surface area contributed by atoms with E-state index in [0.29, 0.717) is 24.8 Å². The van der Waals surface area contributed by atoms with Crippen LogP contribution in [-0.2, 0) is 19.1 Å². The Labute approximate surface area is 164 Å². The van der Waals surface area contributed by atoms with Crippen LogP contribution in [-0.4, -0.2) is 50.0 Å². The molecule has 144 valence electrons. The number of hydrogen-bond donors (Lipinski definition) is 0. The molecule has 0 heterocycles. The highest BCUT2D eigenvalue weighted by Crippen LogP contribution is 2.22. The summed E-state index contributed by atoms with van der Waals surface area (Å²) in [5, 5.41) is 0. The zero-order valence-electron chi connectivity index (χ0n) is 15.4. The summed E-state index contributed by atoms with van der Waals surface area (Å²) in [5.74, 6) is -0.401. The molecule has 0 bridgehead atoms. The standard InChI is InChI=1S/C19H25Cl2NO4/c1-4-25-18(23)17(19(24)26-5-2)13-15-6-7-16(12-14(15)3)22(10-8-20)11-9-21/h6-7,12-13H,4-5,8-11H2,1-3H3. The Morgan fingerprint density at radius 3 is 2.00 bits per heavy atom. The zero-order chi connectivity index (χ0) is 19.5. The van der Waals surface area contributed by atoms with Crippen molar-refractivity contribution >= 4 is 46.9 Å². The van der Waals surface area contributed by atoms with Crippen LogP contribution in [0.25, 0.3) is 6.08 Å². The Morgan fingerprint density at radius 1 is 1.04 bits per heavy atom. The molecule has 0 saturated heterocycles. The van der Waals surface area contributed by atoms with Crippen molar-refractivity contribution in [3.8, 4) is 0 Å². The number of benzene rings is 1. The minimum Gasteiger partial charge on any atom is -0.462 e. The van der Waals surface area contributed by atoms with Gasteiger partial charge in [0.2, 0.25) is 0 Å². The molecule has 26 heavy (non-hydrogen) atoms. The van der Waals surface area contributed by atoms with Gasteiger partial charge < -0.3 is 14.4 Å². The first-order valence-electron chi connectivity index (χ1n) is 8.51. The van der Waals surface area contributed by atoms with Gasteiger partial charge in [-0.05, 0) is 50.1 Å². The Hall–Kier alpha value is -1.72. The van der Waals surface area contributed by atoms with Gasteiger partial charge in [0.15, 0.2) is 0 Å². The molecular weight excluding hydrogens is 377 g/mol. The summed E-state index contributed by atoms with van der Waals surface area (Å²) >= 11 is 11.7. The average Bonchev–Trinajstić information content (AvgIpc) is 2.60. The highest BCUT2D eigenvalue weighted by atomic mass is 35.5. The fraction of sp³-hybridized carbons (Fsp3) is 0.474. The molecule has 0 aromatic heterocycles. The molecule has 5 nitrogen and oxygen atoms in total. The number of halogens is 2. The minimum absolute atomic E-state index is 0.122. The molecular formula is C19H25Cl2NO4. The van der Waals surface area contributed by atoms with Crippen LogP contribution in [0.15, 0.2) is 23.8 Å². The first kappa shape index (κ1) is 22.3. The number of alkyl halides is 2. The summed E-state index contributed by atoms with van der Waals surface area (Å²) in [5.41, 5.74) is 2.50. The lowest BCUT2D eigenvalue weighted by Gasteiger charge is -2.23. The van der Waals surface area contributed by atoms with Gasteiger partial charge in [-0.1, -0.05) is 6.07 Å². The van der Waals surface area contributed by atoms with Crippen molar-refractivity contribution in [2.45, 2.75) is 20.8 Å². The molecule has 0 aliphatic heterocycles. The Kier molecular flexibility index (Phi) is 10.1.